The lowest BCUT2D eigenvalue weighted by molar-refractivity contribution is -0.138. The van der Waals surface area contributed by atoms with Crippen molar-refractivity contribution in [3.63, 3.8) is 0 Å². The number of benzene rings is 1. The zero-order chi connectivity index (χ0) is 17.5. The number of aliphatic carboxylic acids is 1. The first-order valence-corrected chi connectivity index (χ1v) is 8.36. The molecule has 1 unspecified atom stereocenters. The molecule has 2 rings (SSSR count). The molecule has 7 nitrogen and oxygen atoms in total. The molecule has 1 heterocycles. The van der Waals surface area contributed by atoms with Crippen molar-refractivity contribution >= 4 is 35.0 Å². The number of nitrogens with zero attached hydrogens (tertiary/aromatic N) is 2. The standard InChI is InChI=1S/C16H19N3O4S/c1-10(2)9-23-12-6-4-3-5-11(12)8-17-19-16-18-15(22)13(24-16)7-14(20)21/h3-6,8,10,13H,7,9H2,1-2H3,(H,20,21)(H,18,19,22). The van der Waals surface area contributed by atoms with Crippen LogP contribution in [-0.2, 0) is 9.59 Å². The van der Waals surface area contributed by atoms with Crippen LogP contribution in [0.4, 0.5) is 0 Å². The van der Waals surface area contributed by atoms with Gasteiger partial charge in [0, 0.05) is 5.56 Å². The zero-order valence-corrected chi connectivity index (χ0v) is 14.2. The second-order valence-corrected chi connectivity index (χ2v) is 6.78. The van der Waals surface area contributed by atoms with Gasteiger partial charge in [0.1, 0.15) is 11.0 Å². The van der Waals surface area contributed by atoms with Crippen LogP contribution in [0.15, 0.2) is 34.5 Å². The van der Waals surface area contributed by atoms with Crippen LogP contribution >= 0.6 is 11.8 Å². The zero-order valence-electron chi connectivity index (χ0n) is 13.4. The summed E-state index contributed by atoms with van der Waals surface area (Å²) in [6.07, 6.45) is 1.30. The second kappa shape index (κ2) is 8.49. The van der Waals surface area contributed by atoms with Gasteiger partial charge in [-0.05, 0) is 18.1 Å². The molecule has 1 saturated heterocycles. The van der Waals surface area contributed by atoms with Gasteiger partial charge in [-0.15, -0.1) is 5.10 Å². The fourth-order valence-corrected chi connectivity index (χ4v) is 2.78. The molecular formula is C16H19N3O4S. The summed E-state index contributed by atoms with van der Waals surface area (Å²) < 4.78 is 5.72. The van der Waals surface area contributed by atoms with Crippen LogP contribution in [0, 0.1) is 5.92 Å². The van der Waals surface area contributed by atoms with Crippen LogP contribution < -0.4 is 10.1 Å². The number of amidine groups is 1. The summed E-state index contributed by atoms with van der Waals surface area (Å²) in [5, 5.41) is 18.8. The molecule has 0 aliphatic carbocycles. The van der Waals surface area contributed by atoms with Crippen LogP contribution in [-0.4, -0.2) is 40.2 Å². The molecule has 0 saturated carbocycles. The number of ether oxygens (including phenoxy) is 1. The Morgan fingerprint density at radius 2 is 2.21 bits per heavy atom. The molecule has 1 atom stereocenters. The normalized spacial score (nSPS) is 19.2. The highest BCUT2D eigenvalue weighted by atomic mass is 32.2. The molecule has 1 aliphatic heterocycles. The van der Waals surface area contributed by atoms with Gasteiger partial charge in [-0.25, -0.2) is 0 Å². The second-order valence-electron chi connectivity index (χ2n) is 5.59. The molecule has 1 aliphatic rings. The molecule has 1 aromatic carbocycles. The smallest absolute Gasteiger partial charge is 0.305 e. The van der Waals surface area contributed by atoms with E-state index in [4.69, 9.17) is 9.84 Å². The number of carbonyl (C=O) groups is 2. The van der Waals surface area contributed by atoms with Crippen molar-refractivity contribution in [2.45, 2.75) is 25.5 Å². The molecule has 0 bridgehead atoms. The van der Waals surface area contributed by atoms with E-state index >= 15 is 0 Å². The highest BCUT2D eigenvalue weighted by Gasteiger charge is 2.32. The molecule has 1 amide bonds. The molecule has 0 spiro atoms. The van der Waals surface area contributed by atoms with E-state index in [1.54, 1.807) is 6.21 Å². The average Bonchev–Trinajstić information content (AvgIpc) is 2.85. The van der Waals surface area contributed by atoms with E-state index in [2.05, 4.69) is 29.4 Å². The van der Waals surface area contributed by atoms with E-state index in [1.165, 1.54) is 0 Å². The molecular weight excluding hydrogens is 330 g/mol. The third-order valence-corrected chi connectivity index (χ3v) is 4.05. The van der Waals surface area contributed by atoms with Gasteiger partial charge in [-0.3, -0.25) is 9.59 Å². The maximum absolute atomic E-state index is 11.6. The lowest BCUT2D eigenvalue weighted by Crippen LogP contribution is -2.26. The van der Waals surface area contributed by atoms with E-state index in [1.807, 2.05) is 24.3 Å². The number of nitrogens with one attached hydrogen (secondary N) is 1. The number of carboxylic acids is 1. The van der Waals surface area contributed by atoms with Crippen LogP contribution in [0.3, 0.4) is 0 Å². The fraction of sp³-hybridized carbons (Fsp3) is 0.375. The Kier molecular flexibility index (Phi) is 6.36. The quantitative estimate of drug-likeness (QED) is 0.580. The Morgan fingerprint density at radius 1 is 1.46 bits per heavy atom. The predicted molar refractivity (Wildman–Crippen MR) is 93.6 cm³/mol. The minimum Gasteiger partial charge on any atom is -0.493 e. The summed E-state index contributed by atoms with van der Waals surface area (Å²) in [7, 11) is 0. The molecule has 0 radical (unpaired) electrons. The Balaban J connectivity index is 2.01. The van der Waals surface area contributed by atoms with E-state index < -0.39 is 11.2 Å². The van der Waals surface area contributed by atoms with Crippen molar-refractivity contribution in [2.24, 2.45) is 16.1 Å². The van der Waals surface area contributed by atoms with Crippen LogP contribution in [0.1, 0.15) is 25.8 Å². The average molecular weight is 349 g/mol. The highest BCUT2D eigenvalue weighted by molar-refractivity contribution is 8.15. The summed E-state index contributed by atoms with van der Waals surface area (Å²) >= 11 is 1.06. The van der Waals surface area contributed by atoms with Crippen molar-refractivity contribution in [2.75, 3.05) is 6.61 Å². The molecule has 8 heteroatoms. The van der Waals surface area contributed by atoms with E-state index in [0.717, 1.165) is 17.3 Å². The third kappa shape index (κ3) is 5.38. The monoisotopic (exact) mass is 349 g/mol. The maximum Gasteiger partial charge on any atom is 0.305 e. The first kappa shape index (κ1) is 18.0. The van der Waals surface area contributed by atoms with Crippen molar-refractivity contribution in [1.29, 1.82) is 0 Å². The van der Waals surface area contributed by atoms with E-state index in [9.17, 15) is 9.59 Å². The van der Waals surface area contributed by atoms with Crippen molar-refractivity contribution in [3.8, 4) is 5.75 Å². The number of amides is 1. The lowest BCUT2D eigenvalue weighted by atomic mass is 10.2. The van der Waals surface area contributed by atoms with E-state index in [-0.39, 0.29) is 12.3 Å². The van der Waals surface area contributed by atoms with Gasteiger partial charge in [-0.2, -0.15) is 5.10 Å². The summed E-state index contributed by atoms with van der Waals surface area (Å²) in [4.78, 5) is 22.3. The number of hydrogen-bond acceptors (Lipinski definition) is 6. The van der Waals surface area contributed by atoms with Crippen molar-refractivity contribution in [1.82, 2.24) is 5.32 Å². The third-order valence-electron chi connectivity index (χ3n) is 2.97. The highest BCUT2D eigenvalue weighted by Crippen LogP contribution is 2.22. The van der Waals surface area contributed by atoms with Gasteiger partial charge in [-0.1, -0.05) is 37.7 Å². The van der Waals surface area contributed by atoms with Gasteiger partial charge in [0.05, 0.1) is 19.2 Å². The fourth-order valence-electron chi connectivity index (χ4n) is 1.86. The van der Waals surface area contributed by atoms with E-state index in [0.29, 0.717) is 23.4 Å². The molecule has 128 valence electrons. The number of carboxylic acid groups (broad SMARTS) is 1. The van der Waals surface area contributed by atoms with Crippen LogP contribution in [0.25, 0.3) is 0 Å². The maximum atomic E-state index is 11.6. The largest absolute Gasteiger partial charge is 0.493 e. The number of rotatable bonds is 7. The minimum atomic E-state index is -1.02. The summed E-state index contributed by atoms with van der Waals surface area (Å²) in [6.45, 7) is 4.73. The first-order valence-electron chi connectivity index (χ1n) is 7.48. The van der Waals surface area contributed by atoms with Gasteiger partial charge in [0.25, 0.3) is 0 Å². The predicted octanol–water partition coefficient (Wildman–Crippen LogP) is 2.12. The SMILES string of the molecule is CC(C)COc1ccccc1C=NN=C1NC(=O)C(CC(=O)O)S1. The van der Waals surface area contributed by atoms with Crippen LogP contribution in [0.2, 0.25) is 0 Å². The molecule has 1 fully saturated rings. The number of thioether (sulfide) groups is 1. The molecule has 1 aromatic rings. The Morgan fingerprint density at radius 3 is 2.92 bits per heavy atom. The summed E-state index contributed by atoms with van der Waals surface area (Å²) in [5.41, 5.74) is 0.777. The number of carbonyl (C=O) groups excluding carboxylic acids is 1. The summed E-state index contributed by atoms with van der Waals surface area (Å²) in [6, 6.07) is 7.45. The molecule has 0 aromatic heterocycles. The Bertz CT molecular complexity index is 673. The molecule has 2 N–H and O–H groups in total. The minimum absolute atomic E-state index is 0.245. The Hall–Kier alpha value is -2.35. The van der Waals surface area contributed by atoms with Crippen LogP contribution in [0.5, 0.6) is 5.75 Å². The lowest BCUT2D eigenvalue weighted by Gasteiger charge is -2.10. The van der Waals surface area contributed by atoms with Gasteiger partial charge >= 0.3 is 5.97 Å². The number of para-hydroxylation sites is 1. The van der Waals surface area contributed by atoms with Gasteiger partial charge < -0.3 is 15.2 Å². The van der Waals surface area contributed by atoms with Crippen molar-refractivity contribution in [3.05, 3.63) is 29.8 Å². The molecule has 24 heavy (non-hydrogen) atoms. The first-order chi connectivity index (χ1) is 11.5. The Labute approximate surface area is 144 Å². The van der Waals surface area contributed by atoms with Gasteiger partial charge in [0.2, 0.25) is 5.91 Å². The number of hydrogen-bond donors (Lipinski definition) is 2. The topological polar surface area (TPSA) is 100 Å². The summed E-state index contributed by atoms with van der Waals surface area (Å²) in [5.74, 6) is -0.269. The van der Waals surface area contributed by atoms with Crippen molar-refractivity contribution < 1.29 is 19.4 Å². The van der Waals surface area contributed by atoms with Gasteiger partial charge in [0.15, 0.2) is 5.17 Å².